The summed E-state index contributed by atoms with van der Waals surface area (Å²) in [5.41, 5.74) is 1.29. The first kappa shape index (κ1) is 40.2. The molecule has 3 saturated heterocycles. The highest BCUT2D eigenvalue weighted by atomic mass is 16.5. The number of aliphatic hydroxyl groups excluding tert-OH is 1. The van der Waals surface area contributed by atoms with Gasteiger partial charge in [-0.1, -0.05) is 55.5 Å². The van der Waals surface area contributed by atoms with Gasteiger partial charge in [0.15, 0.2) is 0 Å². The third-order valence-corrected chi connectivity index (χ3v) is 10.5. The molecule has 0 radical (unpaired) electrons. The van der Waals surface area contributed by atoms with Crippen LogP contribution in [0.2, 0.25) is 0 Å². The Hall–Kier alpha value is -5.02. The number of rotatable bonds is 8. The van der Waals surface area contributed by atoms with E-state index in [1.807, 2.05) is 43.3 Å². The number of nitrogens with one attached hydrogen (secondary N) is 4. The number of esters is 1. The molecule has 292 valence electrons. The minimum Gasteiger partial charge on any atom is -0.458 e. The Morgan fingerprint density at radius 3 is 2.31 bits per heavy atom. The zero-order valence-corrected chi connectivity index (χ0v) is 31.4. The number of fused-ring (bicyclic) bond motifs is 2. The number of likely N-dealkylation sites (N-methyl/N-ethyl adjacent to an activating group) is 1. The summed E-state index contributed by atoms with van der Waals surface area (Å²) >= 11 is 0. The van der Waals surface area contributed by atoms with Gasteiger partial charge in [-0.05, 0) is 70.2 Å². The van der Waals surface area contributed by atoms with E-state index in [1.165, 1.54) is 11.8 Å². The number of carbonyl (C=O) groups is 6. The predicted octanol–water partition coefficient (Wildman–Crippen LogP) is 1.27. The molecule has 3 aliphatic rings. The molecule has 0 spiro atoms. The van der Waals surface area contributed by atoms with Gasteiger partial charge in [-0.25, -0.2) is 9.59 Å². The maximum atomic E-state index is 14.6. The zero-order chi connectivity index (χ0) is 38.9. The summed E-state index contributed by atoms with van der Waals surface area (Å²) in [6.45, 7) is 5.63. The summed E-state index contributed by atoms with van der Waals surface area (Å²) in [6, 6.07) is 11.7. The number of benzene rings is 2. The van der Waals surface area contributed by atoms with Crippen LogP contribution in [0, 0.1) is 5.92 Å². The molecule has 0 saturated carbocycles. The first-order chi connectivity index (χ1) is 25.9. The molecule has 0 aromatic heterocycles. The van der Waals surface area contributed by atoms with Gasteiger partial charge in [-0.3, -0.25) is 24.1 Å². The van der Waals surface area contributed by atoms with Crippen molar-refractivity contribution in [2.24, 2.45) is 5.92 Å². The van der Waals surface area contributed by atoms with E-state index in [4.69, 9.17) is 4.74 Å². The first-order valence-corrected chi connectivity index (χ1v) is 18.8. The van der Waals surface area contributed by atoms with Crippen LogP contribution in [0.4, 0.5) is 10.5 Å². The van der Waals surface area contributed by atoms with Gasteiger partial charge in [0.2, 0.25) is 23.6 Å². The van der Waals surface area contributed by atoms with Crippen molar-refractivity contribution in [1.29, 1.82) is 0 Å². The number of amides is 6. The second-order valence-corrected chi connectivity index (χ2v) is 14.7. The number of hydrogen-bond donors (Lipinski definition) is 5. The number of aliphatic hydroxyl groups is 1. The Kier molecular flexibility index (Phi) is 13.6. The normalized spacial score (nSPS) is 27.7. The standard InChI is InChI=1S/C39H53N7O8/c1-24-20-32-38(52)54-26(3)33(43-34(48)30(21-27-12-7-5-8-13-27)42-39(53)41-28-14-9-6-10-15-28)37(51)45-18-11-16-29(45)23-44(4)31(17-19-47)35(49)40-25(2)36(50)46(32)22-24/h5-10,12-15,24-26,29-33,47H,11,16-23H2,1-4H3,(H,40,49)(H,43,48)(H2,41,42,53)/t24-,25+,26+,29+,30+,31+,32+,33+/m1/s1. The minimum atomic E-state index is -1.35. The molecule has 0 bridgehead atoms. The van der Waals surface area contributed by atoms with Crippen molar-refractivity contribution in [3.05, 3.63) is 66.2 Å². The fourth-order valence-electron chi connectivity index (χ4n) is 7.63. The largest absolute Gasteiger partial charge is 0.458 e. The first-order valence-electron chi connectivity index (χ1n) is 18.8. The Balaban J connectivity index is 1.46. The van der Waals surface area contributed by atoms with Gasteiger partial charge in [0, 0.05) is 44.4 Å². The number of carbonyl (C=O) groups excluding carboxylic acids is 6. The summed E-state index contributed by atoms with van der Waals surface area (Å²) in [7, 11) is 1.73. The number of cyclic esters (lactones) is 1. The van der Waals surface area contributed by atoms with Gasteiger partial charge in [0.05, 0.1) is 6.04 Å². The number of urea groups is 1. The molecule has 3 fully saturated rings. The molecule has 2 aromatic carbocycles. The van der Waals surface area contributed by atoms with E-state index in [1.54, 1.807) is 48.0 Å². The van der Waals surface area contributed by atoms with Crippen molar-refractivity contribution in [2.45, 2.75) is 95.2 Å². The zero-order valence-electron chi connectivity index (χ0n) is 31.4. The third kappa shape index (κ3) is 9.94. The van der Waals surface area contributed by atoms with Crippen molar-refractivity contribution in [2.75, 3.05) is 38.6 Å². The molecule has 15 nitrogen and oxygen atoms in total. The van der Waals surface area contributed by atoms with Crippen LogP contribution in [0.1, 0.15) is 52.0 Å². The Morgan fingerprint density at radius 2 is 1.63 bits per heavy atom. The molecule has 5 rings (SSSR count). The smallest absolute Gasteiger partial charge is 0.329 e. The summed E-state index contributed by atoms with van der Waals surface area (Å²) in [6.07, 6.45) is 0.623. The molecule has 3 heterocycles. The number of ether oxygens (including phenoxy) is 1. The number of anilines is 1. The van der Waals surface area contributed by atoms with Crippen LogP contribution in [0.15, 0.2) is 60.7 Å². The van der Waals surface area contributed by atoms with Crippen LogP contribution < -0.4 is 21.3 Å². The van der Waals surface area contributed by atoms with E-state index in [9.17, 15) is 33.9 Å². The van der Waals surface area contributed by atoms with Crippen LogP contribution >= 0.6 is 0 Å². The van der Waals surface area contributed by atoms with Crippen LogP contribution in [-0.2, 0) is 35.1 Å². The lowest BCUT2D eigenvalue weighted by Crippen LogP contribution is -2.61. The second kappa shape index (κ2) is 18.3. The van der Waals surface area contributed by atoms with Crippen molar-refractivity contribution in [1.82, 2.24) is 30.7 Å². The topological polar surface area (TPSA) is 190 Å². The van der Waals surface area contributed by atoms with Crippen molar-refractivity contribution >= 4 is 41.3 Å². The fourth-order valence-corrected chi connectivity index (χ4v) is 7.63. The lowest BCUT2D eigenvalue weighted by atomic mass is 10.0. The number of nitrogens with zero attached hydrogens (tertiary/aromatic N) is 3. The lowest BCUT2D eigenvalue weighted by molar-refractivity contribution is -0.162. The molecule has 5 N–H and O–H groups in total. The maximum Gasteiger partial charge on any atom is 0.329 e. The molecule has 15 heteroatoms. The molecule has 8 atom stereocenters. The molecular weight excluding hydrogens is 694 g/mol. The van der Waals surface area contributed by atoms with Gasteiger partial charge in [0.1, 0.15) is 30.3 Å². The van der Waals surface area contributed by atoms with Gasteiger partial charge < -0.3 is 40.9 Å². The monoisotopic (exact) mass is 747 g/mol. The van der Waals surface area contributed by atoms with Gasteiger partial charge in [0.25, 0.3) is 0 Å². The quantitative estimate of drug-likeness (QED) is 0.248. The van der Waals surface area contributed by atoms with Crippen LogP contribution in [0.5, 0.6) is 0 Å². The summed E-state index contributed by atoms with van der Waals surface area (Å²) in [5, 5.41) is 21.0. The SMILES string of the molecule is C[C@@H]1C[C@H]2C(=O)O[C@@H](C)[C@H](NC(=O)[C@H](Cc3ccccc3)NC(=O)Nc3ccccc3)C(=O)N3CCC[C@H]3CN(C)[C@@H](CCO)C(=O)N[C@@H](C)C(=O)N2C1. The fraction of sp³-hybridized carbons (Fsp3) is 0.538. The highest BCUT2D eigenvalue weighted by Gasteiger charge is 2.45. The van der Waals surface area contributed by atoms with Crippen molar-refractivity contribution < 1.29 is 38.6 Å². The van der Waals surface area contributed by atoms with E-state index in [2.05, 4.69) is 21.3 Å². The second-order valence-electron chi connectivity index (χ2n) is 14.7. The minimum absolute atomic E-state index is 0.0468. The van der Waals surface area contributed by atoms with Crippen molar-refractivity contribution in [3.63, 3.8) is 0 Å². The van der Waals surface area contributed by atoms with Crippen LogP contribution in [0.25, 0.3) is 0 Å². The van der Waals surface area contributed by atoms with E-state index in [-0.39, 0.29) is 44.5 Å². The van der Waals surface area contributed by atoms with Gasteiger partial charge >= 0.3 is 12.0 Å². The molecule has 0 aliphatic carbocycles. The Morgan fingerprint density at radius 1 is 0.944 bits per heavy atom. The van der Waals surface area contributed by atoms with Crippen molar-refractivity contribution in [3.8, 4) is 0 Å². The van der Waals surface area contributed by atoms with Crippen LogP contribution in [0.3, 0.4) is 0 Å². The van der Waals surface area contributed by atoms with E-state index < -0.39 is 71.9 Å². The Labute approximate surface area is 316 Å². The lowest BCUT2D eigenvalue weighted by Gasteiger charge is -2.37. The van der Waals surface area contributed by atoms with Gasteiger partial charge in [-0.15, -0.1) is 0 Å². The molecule has 3 aliphatic heterocycles. The maximum absolute atomic E-state index is 14.6. The summed E-state index contributed by atoms with van der Waals surface area (Å²) in [5.74, 6) is -2.82. The Bertz CT molecular complexity index is 1650. The molecule has 0 unspecified atom stereocenters. The molecule has 2 aromatic rings. The molecule has 6 amide bonds. The highest BCUT2D eigenvalue weighted by Crippen LogP contribution is 2.27. The van der Waals surface area contributed by atoms with Gasteiger partial charge in [-0.2, -0.15) is 0 Å². The van der Waals surface area contributed by atoms with E-state index in [0.717, 1.165) is 5.56 Å². The average molecular weight is 748 g/mol. The van der Waals surface area contributed by atoms with E-state index >= 15 is 0 Å². The van der Waals surface area contributed by atoms with Crippen LogP contribution in [-0.4, -0.2) is 131 Å². The average Bonchev–Trinajstić information content (AvgIpc) is 3.78. The number of para-hydroxylation sites is 1. The molecular formula is C39H53N7O8. The predicted molar refractivity (Wildman–Crippen MR) is 200 cm³/mol. The third-order valence-electron chi connectivity index (χ3n) is 10.5. The highest BCUT2D eigenvalue weighted by molar-refractivity contribution is 5.96. The van der Waals surface area contributed by atoms with E-state index in [0.29, 0.717) is 31.5 Å². The summed E-state index contributed by atoms with van der Waals surface area (Å²) < 4.78 is 5.96. The summed E-state index contributed by atoms with van der Waals surface area (Å²) in [4.78, 5) is 87.9. The molecule has 54 heavy (non-hydrogen) atoms. The number of hydrogen-bond acceptors (Lipinski definition) is 9.